The van der Waals surface area contributed by atoms with Gasteiger partial charge in [0.25, 0.3) is 0 Å². The molecule has 0 saturated heterocycles. The highest BCUT2D eigenvalue weighted by Gasteiger charge is 2.63. The monoisotopic (exact) mass is 442 g/mol. The van der Waals surface area contributed by atoms with Crippen molar-refractivity contribution in [2.75, 3.05) is 6.61 Å². The Labute approximate surface area is 198 Å². The standard InChI is InChI=1S/C30H50O2/c1-20(2)9-8-10-21(19-31)22-13-17-30(7)24-11-12-25-27(3,4)26(32)15-16-28(25,5)23(24)14-18-29(22,30)6/h8-9,20-22,25-26,31-32H,10-19H2,1-7H3/b9-8+/t21-,22+,25-,26-,28+,29+,30-/m0/s1. The summed E-state index contributed by atoms with van der Waals surface area (Å²) in [6.07, 6.45) is 15.1. The maximum absolute atomic E-state index is 10.8. The molecule has 0 bridgehead atoms. The number of rotatable bonds is 5. The van der Waals surface area contributed by atoms with Gasteiger partial charge in [0.1, 0.15) is 0 Å². The van der Waals surface area contributed by atoms with Crippen molar-refractivity contribution in [2.24, 2.45) is 45.3 Å². The van der Waals surface area contributed by atoms with E-state index in [1.807, 2.05) is 0 Å². The maximum atomic E-state index is 10.8. The first-order valence-corrected chi connectivity index (χ1v) is 13.6. The smallest absolute Gasteiger partial charge is 0.0594 e. The van der Waals surface area contributed by atoms with Crippen LogP contribution in [0.2, 0.25) is 0 Å². The van der Waals surface area contributed by atoms with Gasteiger partial charge in [-0.3, -0.25) is 0 Å². The minimum Gasteiger partial charge on any atom is -0.396 e. The van der Waals surface area contributed by atoms with Crippen molar-refractivity contribution < 1.29 is 10.2 Å². The summed E-state index contributed by atoms with van der Waals surface area (Å²) < 4.78 is 0. The number of hydrogen-bond donors (Lipinski definition) is 2. The molecule has 2 saturated carbocycles. The lowest BCUT2D eigenvalue weighted by Crippen LogP contribution is -2.55. The van der Waals surface area contributed by atoms with Gasteiger partial charge in [-0.15, -0.1) is 0 Å². The lowest BCUT2D eigenvalue weighted by molar-refractivity contribution is -0.0965. The minimum atomic E-state index is -0.160. The van der Waals surface area contributed by atoms with Gasteiger partial charge in [-0.2, -0.15) is 0 Å². The highest BCUT2D eigenvalue weighted by atomic mass is 16.3. The van der Waals surface area contributed by atoms with Crippen LogP contribution in [0, 0.1) is 45.3 Å². The molecule has 2 N–H and O–H groups in total. The quantitative estimate of drug-likeness (QED) is 0.438. The predicted molar refractivity (Wildman–Crippen MR) is 134 cm³/mol. The van der Waals surface area contributed by atoms with Crippen LogP contribution in [-0.4, -0.2) is 22.9 Å². The highest BCUT2D eigenvalue weighted by Crippen LogP contribution is 2.72. The number of allylic oxidation sites excluding steroid dienone is 4. The van der Waals surface area contributed by atoms with E-state index in [-0.39, 0.29) is 27.8 Å². The Morgan fingerprint density at radius 1 is 0.938 bits per heavy atom. The third kappa shape index (κ3) is 3.41. The second-order valence-corrected chi connectivity index (χ2v) is 13.6. The van der Waals surface area contributed by atoms with Gasteiger partial charge in [-0.25, -0.2) is 0 Å². The minimum absolute atomic E-state index is 0.0100. The first kappa shape index (κ1) is 24.5. The van der Waals surface area contributed by atoms with Crippen LogP contribution in [0.25, 0.3) is 0 Å². The molecule has 0 aromatic rings. The fourth-order valence-corrected chi connectivity index (χ4v) is 9.36. The van der Waals surface area contributed by atoms with E-state index < -0.39 is 0 Å². The summed E-state index contributed by atoms with van der Waals surface area (Å²) in [6.45, 7) is 17.1. The molecule has 0 aliphatic heterocycles. The average Bonchev–Trinajstić information content (AvgIpc) is 3.00. The molecule has 0 spiro atoms. The largest absolute Gasteiger partial charge is 0.396 e. The Kier molecular flexibility index (Phi) is 6.33. The number of hydrogen-bond acceptors (Lipinski definition) is 2. The van der Waals surface area contributed by atoms with E-state index in [4.69, 9.17) is 0 Å². The summed E-state index contributed by atoms with van der Waals surface area (Å²) in [6, 6.07) is 0. The van der Waals surface area contributed by atoms with Crippen molar-refractivity contribution >= 4 is 0 Å². The van der Waals surface area contributed by atoms with E-state index in [2.05, 4.69) is 60.6 Å². The summed E-state index contributed by atoms with van der Waals surface area (Å²) >= 11 is 0. The molecule has 182 valence electrons. The molecule has 4 rings (SSSR count). The topological polar surface area (TPSA) is 40.5 Å². The maximum Gasteiger partial charge on any atom is 0.0594 e. The number of aliphatic hydroxyl groups is 2. The zero-order valence-electron chi connectivity index (χ0n) is 22.0. The summed E-state index contributed by atoms with van der Waals surface area (Å²) in [5.74, 6) is 2.16. The first-order valence-electron chi connectivity index (χ1n) is 13.6. The lowest BCUT2D eigenvalue weighted by atomic mass is 9.43. The molecular formula is C30H50O2. The molecule has 0 amide bonds. The van der Waals surface area contributed by atoms with Gasteiger partial charge in [0.05, 0.1) is 6.10 Å². The zero-order valence-corrected chi connectivity index (χ0v) is 22.0. The Bertz CT molecular complexity index is 776. The van der Waals surface area contributed by atoms with E-state index in [9.17, 15) is 10.2 Å². The van der Waals surface area contributed by atoms with Crippen LogP contribution in [0.4, 0.5) is 0 Å². The van der Waals surface area contributed by atoms with Gasteiger partial charge in [0.15, 0.2) is 0 Å². The van der Waals surface area contributed by atoms with Crippen molar-refractivity contribution in [1.29, 1.82) is 0 Å². The molecular weight excluding hydrogens is 392 g/mol. The summed E-state index contributed by atoms with van der Waals surface area (Å²) in [5, 5.41) is 21.2. The first-order chi connectivity index (χ1) is 14.9. The number of aliphatic hydroxyl groups excluding tert-OH is 2. The van der Waals surface area contributed by atoms with E-state index in [1.54, 1.807) is 11.1 Å². The summed E-state index contributed by atoms with van der Waals surface area (Å²) in [5.41, 5.74) is 4.42. The molecule has 0 heterocycles. The normalized spacial score (nSPS) is 44.5. The van der Waals surface area contributed by atoms with Crippen molar-refractivity contribution in [3.63, 3.8) is 0 Å². The van der Waals surface area contributed by atoms with Crippen molar-refractivity contribution in [3.05, 3.63) is 23.3 Å². The van der Waals surface area contributed by atoms with E-state index >= 15 is 0 Å². The summed E-state index contributed by atoms with van der Waals surface area (Å²) in [7, 11) is 0. The molecule has 7 atom stereocenters. The predicted octanol–water partition coefficient (Wildman–Crippen LogP) is 7.31. The molecule has 2 heteroatoms. The fourth-order valence-electron chi connectivity index (χ4n) is 9.36. The lowest BCUT2D eigenvalue weighted by Gasteiger charge is -2.62. The van der Waals surface area contributed by atoms with Crippen LogP contribution in [0.1, 0.15) is 106 Å². The summed E-state index contributed by atoms with van der Waals surface area (Å²) in [4.78, 5) is 0. The Hall–Kier alpha value is -0.600. The van der Waals surface area contributed by atoms with Gasteiger partial charge in [0, 0.05) is 6.61 Å². The molecule has 32 heavy (non-hydrogen) atoms. The van der Waals surface area contributed by atoms with Crippen molar-refractivity contribution in [3.8, 4) is 0 Å². The molecule has 4 aliphatic carbocycles. The van der Waals surface area contributed by atoms with E-state index in [1.165, 1.54) is 38.5 Å². The highest BCUT2D eigenvalue weighted by molar-refractivity contribution is 5.38. The van der Waals surface area contributed by atoms with Gasteiger partial charge in [-0.05, 0) is 103 Å². The van der Waals surface area contributed by atoms with Gasteiger partial charge in [-0.1, -0.05) is 71.8 Å². The van der Waals surface area contributed by atoms with Crippen LogP contribution in [0.15, 0.2) is 23.3 Å². The molecule has 0 aromatic heterocycles. The molecule has 4 aliphatic rings. The average molecular weight is 443 g/mol. The zero-order chi connectivity index (χ0) is 23.5. The Balaban J connectivity index is 1.67. The Morgan fingerprint density at radius 3 is 2.31 bits per heavy atom. The van der Waals surface area contributed by atoms with Gasteiger partial charge in [0.2, 0.25) is 0 Å². The van der Waals surface area contributed by atoms with Crippen molar-refractivity contribution in [1.82, 2.24) is 0 Å². The molecule has 0 unspecified atom stereocenters. The molecule has 0 radical (unpaired) electrons. The van der Waals surface area contributed by atoms with Crippen molar-refractivity contribution in [2.45, 2.75) is 112 Å². The third-order valence-corrected chi connectivity index (χ3v) is 11.6. The van der Waals surface area contributed by atoms with Crippen LogP contribution < -0.4 is 0 Å². The SMILES string of the molecule is CC(C)/C=C/C[C@@H](CO)[C@H]1CC[C@@]2(C)C3=C(CC[C@]12C)[C@@]1(C)CC[C@H](O)C(C)(C)[C@@H]1CC3. The molecule has 0 aromatic carbocycles. The molecule has 2 nitrogen and oxygen atoms in total. The second kappa shape index (κ2) is 8.26. The van der Waals surface area contributed by atoms with Crippen LogP contribution >= 0.6 is 0 Å². The van der Waals surface area contributed by atoms with Crippen LogP contribution in [0.3, 0.4) is 0 Å². The van der Waals surface area contributed by atoms with Gasteiger partial charge >= 0.3 is 0 Å². The Morgan fingerprint density at radius 2 is 1.66 bits per heavy atom. The van der Waals surface area contributed by atoms with E-state index in [0.717, 1.165) is 19.3 Å². The third-order valence-electron chi connectivity index (χ3n) is 11.6. The fraction of sp³-hybridized carbons (Fsp3) is 0.867. The van der Waals surface area contributed by atoms with Gasteiger partial charge < -0.3 is 10.2 Å². The van der Waals surface area contributed by atoms with Crippen LogP contribution in [0.5, 0.6) is 0 Å². The van der Waals surface area contributed by atoms with Crippen LogP contribution in [-0.2, 0) is 0 Å². The second-order valence-electron chi connectivity index (χ2n) is 13.6. The van der Waals surface area contributed by atoms with E-state index in [0.29, 0.717) is 30.3 Å². The molecule has 2 fully saturated rings. The number of fused-ring (bicyclic) bond motifs is 4.